The summed E-state index contributed by atoms with van der Waals surface area (Å²) in [5.41, 5.74) is 1.89. The molecule has 0 spiro atoms. The number of imidazole rings is 1. The first-order chi connectivity index (χ1) is 18.1. The maximum Gasteiger partial charge on any atom is 0.333 e. The highest BCUT2D eigenvalue weighted by molar-refractivity contribution is 5.99. The second kappa shape index (κ2) is 11.2. The summed E-state index contributed by atoms with van der Waals surface area (Å²) in [6, 6.07) is 17.6. The fourth-order valence-corrected chi connectivity index (χ4v) is 5.68. The zero-order valence-corrected chi connectivity index (χ0v) is 21.3. The lowest BCUT2D eigenvalue weighted by Crippen LogP contribution is -2.47. The molecular weight excluding hydrogens is 468 g/mol. The van der Waals surface area contributed by atoms with Crippen molar-refractivity contribution in [2.45, 2.75) is 44.2 Å². The van der Waals surface area contributed by atoms with Crippen molar-refractivity contribution in [2.75, 3.05) is 33.3 Å². The fourth-order valence-electron chi connectivity index (χ4n) is 5.68. The number of aromatic nitrogens is 2. The van der Waals surface area contributed by atoms with Crippen LogP contribution in [0.1, 0.15) is 60.2 Å². The van der Waals surface area contributed by atoms with Gasteiger partial charge in [-0.25, -0.2) is 9.59 Å². The van der Waals surface area contributed by atoms with Gasteiger partial charge in [-0.3, -0.25) is 13.9 Å². The maximum atomic E-state index is 14.4. The molecule has 1 unspecified atom stereocenters. The Labute approximate surface area is 216 Å². The summed E-state index contributed by atoms with van der Waals surface area (Å²) < 4.78 is 8.41. The third-order valence-electron chi connectivity index (χ3n) is 7.51. The van der Waals surface area contributed by atoms with E-state index in [1.54, 1.807) is 21.6 Å². The van der Waals surface area contributed by atoms with E-state index in [9.17, 15) is 14.4 Å². The first-order valence-electron chi connectivity index (χ1n) is 13.2. The molecule has 1 N–H and O–H groups in total. The average molecular weight is 503 g/mol. The lowest BCUT2D eigenvalue weighted by Gasteiger charge is -2.29. The Morgan fingerprint density at radius 1 is 0.919 bits per heavy atom. The summed E-state index contributed by atoms with van der Waals surface area (Å²) >= 11 is 0. The molecule has 0 bridgehead atoms. The molecule has 2 aliphatic rings. The van der Waals surface area contributed by atoms with Crippen molar-refractivity contribution in [3.63, 3.8) is 0 Å². The van der Waals surface area contributed by atoms with Gasteiger partial charge in [0.05, 0.1) is 12.8 Å². The van der Waals surface area contributed by atoms with Crippen molar-refractivity contribution in [3.05, 3.63) is 82.4 Å². The third kappa shape index (κ3) is 4.85. The number of nitrogens with one attached hydrogen (secondary N) is 1. The number of hydrogen-bond donors (Lipinski definition) is 1. The zero-order chi connectivity index (χ0) is 25.8. The van der Waals surface area contributed by atoms with Gasteiger partial charge in [-0.15, -0.1) is 0 Å². The molecule has 8 heteroatoms. The molecule has 5 rings (SSSR count). The largest absolute Gasteiger partial charge is 0.467 e. The van der Waals surface area contributed by atoms with Crippen molar-refractivity contribution >= 4 is 11.9 Å². The van der Waals surface area contributed by atoms with Crippen molar-refractivity contribution in [1.29, 1.82) is 0 Å². The predicted octanol–water partition coefficient (Wildman–Crippen LogP) is 3.63. The van der Waals surface area contributed by atoms with Gasteiger partial charge in [0.25, 0.3) is 5.91 Å². The van der Waals surface area contributed by atoms with Crippen LogP contribution in [-0.4, -0.2) is 59.2 Å². The van der Waals surface area contributed by atoms with Crippen molar-refractivity contribution in [2.24, 2.45) is 0 Å². The summed E-state index contributed by atoms with van der Waals surface area (Å²) in [7, 11) is 1.32. The Kier molecular flexibility index (Phi) is 7.55. The number of carbonyl (C=O) groups excluding carboxylic acids is 2. The van der Waals surface area contributed by atoms with Gasteiger partial charge in [0.1, 0.15) is 5.69 Å². The molecule has 2 heterocycles. The summed E-state index contributed by atoms with van der Waals surface area (Å²) in [5, 5.41) is 3.28. The lowest BCUT2D eigenvalue weighted by atomic mass is 9.94. The predicted molar refractivity (Wildman–Crippen MR) is 142 cm³/mol. The second-order valence-electron chi connectivity index (χ2n) is 9.76. The van der Waals surface area contributed by atoms with Crippen LogP contribution in [-0.2, 0) is 9.53 Å². The number of nitrogens with zero attached hydrogens (tertiary/aromatic N) is 3. The number of carbonyl (C=O) groups is 2. The minimum absolute atomic E-state index is 0.0404. The van der Waals surface area contributed by atoms with E-state index >= 15 is 0 Å². The van der Waals surface area contributed by atoms with E-state index in [1.807, 2.05) is 48.5 Å². The van der Waals surface area contributed by atoms with E-state index in [1.165, 1.54) is 11.7 Å². The van der Waals surface area contributed by atoms with Crippen LogP contribution in [0.5, 0.6) is 0 Å². The Bertz CT molecular complexity index is 1290. The molecule has 2 fully saturated rings. The standard InChI is InChI=1S/C29H34N4O4/c1-37-28(35)25(22-13-7-3-8-14-22)33-26(27(34)31-19-17-30-18-20-31)24(21-11-5-2-6-12-21)32(29(33)36)23-15-9-4-10-16-23/h2-3,5-8,11-14,23,25,30H,4,9-10,15-20H2,1H3. The molecule has 0 radical (unpaired) electrons. The summed E-state index contributed by atoms with van der Waals surface area (Å²) in [4.78, 5) is 43.8. The number of esters is 1. The van der Waals surface area contributed by atoms with Crippen LogP contribution >= 0.6 is 0 Å². The molecule has 194 valence electrons. The number of methoxy groups -OCH3 is 1. The van der Waals surface area contributed by atoms with Crippen LogP contribution in [0.4, 0.5) is 0 Å². The summed E-state index contributed by atoms with van der Waals surface area (Å²) in [6.07, 6.45) is 4.90. The molecule has 3 aromatic rings. The van der Waals surface area contributed by atoms with Crippen LogP contribution < -0.4 is 11.0 Å². The minimum atomic E-state index is -1.08. The van der Waals surface area contributed by atoms with E-state index in [4.69, 9.17) is 4.74 Å². The number of amides is 1. The van der Waals surface area contributed by atoms with Crippen molar-refractivity contribution in [3.8, 4) is 11.3 Å². The second-order valence-corrected chi connectivity index (χ2v) is 9.76. The molecule has 37 heavy (non-hydrogen) atoms. The van der Waals surface area contributed by atoms with Crippen LogP contribution in [0.15, 0.2) is 65.5 Å². The number of rotatable bonds is 6. The average Bonchev–Trinajstić information content (AvgIpc) is 3.27. The number of ether oxygens (including phenoxy) is 1. The van der Waals surface area contributed by atoms with E-state index in [0.29, 0.717) is 37.4 Å². The molecule has 1 aliphatic heterocycles. The number of piperazine rings is 1. The Morgan fingerprint density at radius 3 is 2.16 bits per heavy atom. The van der Waals surface area contributed by atoms with Crippen LogP contribution in [0, 0.1) is 0 Å². The monoisotopic (exact) mass is 502 g/mol. The summed E-state index contributed by atoms with van der Waals surface area (Å²) in [6.45, 7) is 2.42. The molecule has 1 atom stereocenters. The normalized spacial score (nSPS) is 17.4. The smallest absolute Gasteiger partial charge is 0.333 e. The summed E-state index contributed by atoms with van der Waals surface area (Å²) in [5.74, 6) is -0.820. The first-order valence-corrected chi connectivity index (χ1v) is 13.2. The Morgan fingerprint density at radius 2 is 1.54 bits per heavy atom. The molecule has 1 aliphatic carbocycles. The quantitative estimate of drug-likeness (QED) is 0.521. The number of hydrogen-bond acceptors (Lipinski definition) is 5. The molecule has 8 nitrogen and oxygen atoms in total. The molecular formula is C29H34N4O4. The highest BCUT2D eigenvalue weighted by Crippen LogP contribution is 2.36. The van der Waals surface area contributed by atoms with Gasteiger partial charge >= 0.3 is 11.7 Å². The lowest BCUT2D eigenvalue weighted by molar-refractivity contribution is -0.143. The SMILES string of the molecule is COC(=O)C(c1ccccc1)n1c(C(=O)N2CCNCC2)c(-c2ccccc2)n(C2CCCCC2)c1=O. The van der Waals surface area contributed by atoms with E-state index in [-0.39, 0.29) is 23.3 Å². The van der Waals surface area contributed by atoms with Gasteiger partial charge in [0.15, 0.2) is 6.04 Å². The van der Waals surface area contributed by atoms with E-state index < -0.39 is 12.0 Å². The Balaban J connectivity index is 1.82. The van der Waals surface area contributed by atoms with E-state index in [2.05, 4.69) is 5.32 Å². The molecule has 1 amide bonds. The zero-order valence-electron chi connectivity index (χ0n) is 21.3. The van der Waals surface area contributed by atoms with Gasteiger partial charge < -0.3 is 15.0 Å². The third-order valence-corrected chi connectivity index (χ3v) is 7.51. The fraction of sp³-hybridized carbons (Fsp3) is 0.414. The van der Waals surface area contributed by atoms with Crippen molar-refractivity contribution in [1.82, 2.24) is 19.4 Å². The highest BCUT2D eigenvalue weighted by atomic mass is 16.5. The Hall–Kier alpha value is -3.65. The van der Waals surface area contributed by atoms with E-state index in [0.717, 1.165) is 37.7 Å². The molecule has 2 aromatic carbocycles. The maximum absolute atomic E-state index is 14.4. The van der Waals surface area contributed by atoms with Gasteiger partial charge in [0.2, 0.25) is 0 Å². The molecule has 1 saturated heterocycles. The topological polar surface area (TPSA) is 85.6 Å². The van der Waals surface area contributed by atoms with Crippen LogP contribution in [0.3, 0.4) is 0 Å². The first kappa shape index (κ1) is 25.0. The van der Waals surface area contributed by atoms with Gasteiger partial charge in [0, 0.05) is 37.8 Å². The van der Waals surface area contributed by atoms with Crippen LogP contribution in [0.25, 0.3) is 11.3 Å². The van der Waals surface area contributed by atoms with Gasteiger partial charge in [-0.1, -0.05) is 79.9 Å². The van der Waals surface area contributed by atoms with Crippen molar-refractivity contribution < 1.29 is 14.3 Å². The minimum Gasteiger partial charge on any atom is -0.467 e. The van der Waals surface area contributed by atoms with Gasteiger partial charge in [-0.2, -0.15) is 0 Å². The molecule has 1 saturated carbocycles. The van der Waals surface area contributed by atoms with Gasteiger partial charge in [-0.05, 0) is 18.4 Å². The highest BCUT2D eigenvalue weighted by Gasteiger charge is 2.38. The molecule has 1 aromatic heterocycles. The van der Waals surface area contributed by atoms with Crippen LogP contribution in [0.2, 0.25) is 0 Å². The number of benzene rings is 2.